The molecule has 1 N–H and O–H groups in total. The Hall–Kier alpha value is -1.85. The Bertz CT molecular complexity index is 698. The fraction of sp³-hybridized carbons (Fsp3) is 0.200. The van der Waals surface area contributed by atoms with Gasteiger partial charge >= 0.3 is 0 Å². The summed E-state index contributed by atoms with van der Waals surface area (Å²) in [6, 6.07) is 15.7. The van der Waals surface area contributed by atoms with Crippen molar-refractivity contribution in [3.63, 3.8) is 0 Å². The van der Waals surface area contributed by atoms with Crippen molar-refractivity contribution in [2.24, 2.45) is 0 Å². The molecule has 20 heavy (non-hydrogen) atoms. The minimum atomic E-state index is -3.51. The standard InChI is InChI=1S/C15H15NO3S/c17-20(18,12-6-2-1-3-7-12)16-14-10-11-19-15-9-5-4-8-13(14)15/h1-9,14,16H,10-11H2. The monoisotopic (exact) mass is 289 g/mol. The van der Waals surface area contributed by atoms with Gasteiger partial charge in [0.25, 0.3) is 0 Å². The van der Waals surface area contributed by atoms with E-state index in [0.717, 1.165) is 11.3 Å². The van der Waals surface area contributed by atoms with Crippen molar-refractivity contribution in [3.05, 3.63) is 60.2 Å². The van der Waals surface area contributed by atoms with E-state index in [1.165, 1.54) is 0 Å². The molecule has 0 saturated heterocycles. The van der Waals surface area contributed by atoms with Crippen LogP contribution in [0.3, 0.4) is 0 Å². The largest absolute Gasteiger partial charge is 0.493 e. The van der Waals surface area contributed by atoms with Crippen molar-refractivity contribution in [1.29, 1.82) is 0 Å². The van der Waals surface area contributed by atoms with Crippen LogP contribution in [0.1, 0.15) is 18.0 Å². The first-order valence-corrected chi connectivity index (χ1v) is 7.94. The van der Waals surface area contributed by atoms with Gasteiger partial charge in [0, 0.05) is 12.0 Å². The summed E-state index contributed by atoms with van der Waals surface area (Å²) in [6.45, 7) is 0.513. The number of nitrogens with one attached hydrogen (secondary N) is 1. The van der Waals surface area contributed by atoms with E-state index >= 15 is 0 Å². The molecule has 3 rings (SSSR count). The van der Waals surface area contributed by atoms with E-state index < -0.39 is 10.0 Å². The van der Waals surface area contributed by atoms with E-state index in [4.69, 9.17) is 4.74 Å². The zero-order valence-corrected chi connectivity index (χ0v) is 11.6. The molecule has 1 atom stereocenters. The highest BCUT2D eigenvalue weighted by Gasteiger charge is 2.26. The van der Waals surface area contributed by atoms with Gasteiger partial charge in [-0.15, -0.1) is 0 Å². The van der Waals surface area contributed by atoms with E-state index in [0.29, 0.717) is 13.0 Å². The third kappa shape index (κ3) is 2.55. The quantitative estimate of drug-likeness (QED) is 0.944. The van der Waals surface area contributed by atoms with E-state index in [9.17, 15) is 8.42 Å². The summed E-state index contributed by atoms with van der Waals surface area (Å²) in [6.07, 6.45) is 0.628. The zero-order chi connectivity index (χ0) is 14.0. The average Bonchev–Trinajstić information content (AvgIpc) is 2.48. The van der Waals surface area contributed by atoms with E-state index in [1.54, 1.807) is 30.3 Å². The van der Waals surface area contributed by atoms with Gasteiger partial charge in [0.2, 0.25) is 10.0 Å². The molecule has 0 saturated carbocycles. The van der Waals surface area contributed by atoms with E-state index in [1.807, 2.05) is 24.3 Å². The molecule has 0 spiro atoms. The Balaban J connectivity index is 1.90. The predicted octanol–water partition coefficient (Wildman–Crippen LogP) is 2.49. The molecule has 5 heteroatoms. The number of para-hydroxylation sites is 1. The van der Waals surface area contributed by atoms with Crippen molar-refractivity contribution >= 4 is 10.0 Å². The highest BCUT2D eigenvalue weighted by Crippen LogP contribution is 2.32. The van der Waals surface area contributed by atoms with Gasteiger partial charge in [0.05, 0.1) is 17.5 Å². The van der Waals surface area contributed by atoms with E-state index in [-0.39, 0.29) is 10.9 Å². The van der Waals surface area contributed by atoms with Crippen LogP contribution in [-0.2, 0) is 10.0 Å². The van der Waals surface area contributed by atoms with Crippen molar-refractivity contribution < 1.29 is 13.2 Å². The van der Waals surface area contributed by atoms with Gasteiger partial charge in [-0.05, 0) is 18.2 Å². The molecule has 2 aromatic rings. The Morgan fingerprint density at radius 1 is 1.00 bits per heavy atom. The second kappa shape index (κ2) is 5.26. The van der Waals surface area contributed by atoms with Crippen LogP contribution < -0.4 is 9.46 Å². The number of fused-ring (bicyclic) bond motifs is 1. The first-order chi connectivity index (χ1) is 9.67. The first-order valence-electron chi connectivity index (χ1n) is 6.46. The molecule has 0 fully saturated rings. The van der Waals surface area contributed by atoms with Crippen LogP contribution in [0.2, 0.25) is 0 Å². The van der Waals surface area contributed by atoms with Gasteiger partial charge < -0.3 is 4.74 Å². The zero-order valence-electron chi connectivity index (χ0n) is 10.8. The summed E-state index contributed by atoms with van der Waals surface area (Å²) in [5, 5.41) is 0. The minimum Gasteiger partial charge on any atom is -0.493 e. The third-order valence-electron chi connectivity index (χ3n) is 3.31. The molecule has 1 aliphatic heterocycles. The third-order valence-corrected chi connectivity index (χ3v) is 4.80. The molecular weight excluding hydrogens is 274 g/mol. The summed E-state index contributed by atoms with van der Waals surface area (Å²) >= 11 is 0. The molecule has 1 aliphatic rings. The topological polar surface area (TPSA) is 55.4 Å². The maximum Gasteiger partial charge on any atom is 0.241 e. The first kappa shape index (κ1) is 13.1. The molecule has 0 amide bonds. The molecule has 104 valence electrons. The van der Waals surface area contributed by atoms with Gasteiger partial charge in [-0.3, -0.25) is 0 Å². The van der Waals surface area contributed by atoms with Crippen LogP contribution in [0, 0.1) is 0 Å². The van der Waals surface area contributed by atoms with Crippen LogP contribution in [-0.4, -0.2) is 15.0 Å². The lowest BCUT2D eigenvalue weighted by Crippen LogP contribution is -2.32. The van der Waals surface area contributed by atoms with E-state index in [2.05, 4.69) is 4.72 Å². The SMILES string of the molecule is O=S(=O)(NC1CCOc2ccccc21)c1ccccc1. The summed E-state index contributed by atoms with van der Waals surface area (Å²) < 4.78 is 33.0. The molecule has 0 aliphatic carbocycles. The van der Waals surface area contributed by atoms with Gasteiger partial charge in [0.1, 0.15) is 5.75 Å². The summed E-state index contributed by atoms with van der Waals surface area (Å²) in [5.74, 6) is 0.750. The van der Waals surface area contributed by atoms with Gasteiger partial charge in [0.15, 0.2) is 0 Å². The van der Waals surface area contributed by atoms with Crippen LogP contribution in [0.25, 0.3) is 0 Å². The fourth-order valence-corrected chi connectivity index (χ4v) is 3.59. The Morgan fingerprint density at radius 3 is 2.50 bits per heavy atom. The van der Waals surface area contributed by atoms with Crippen LogP contribution in [0.5, 0.6) is 5.75 Å². The normalized spacial score (nSPS) is 18.1. The fourth-order valence-electron chi connectivity index (χ4n) is 2.32. The molecule has 0 radical (unpaired) electrons. The maximum atomic E-state index is 12.4. The second-order valence-electron chi connectivity index (χ2n) is 4.66. The van der Waals surface area contributed by atoms with Crippen LogP contribution in [0.15, 0.2) is 59.5 Å². The number of benzene rings is 2. The molecule has 0 aromatic heterocycles. The molecule has 4 nitrogen and oxygen atoms in total. The van der Waals surface area contributed by atoms with Gasteiger partial charge in [-0.2, -0.15) is 0 Å². The number of ether oxygens (including phenoxy) is 1. The highest BCUT2D eigenvalue weighted by atomic mass is 32.2. The van der Waals surface area contributed by atoms with Crippen molar-refractivity contribution in [2.45, 2.75) is 17.4 Å². The molecule has 1 unspecified atom stereocenters. The highest BCUT2D eigenvalue weighted by molar-refractivity contribution is 7.89. The molecular formula is C15H15NO3S. The molecule has 0 bridgehead atoms. The van der Waals surface area contributed by atoms with Gasteiger partial charge in [-0.25, -0.2) is 13.1 Å². The van der Waals surface area contributed by atoms with Crippen molar-refractivity contribution in [2.75, 3.05) is 6.61 Å². The average molecular weight is 289 g/mol. The van der Waals surface area contributed by atoms with Crippen LogP contribution >= 0.6 is 0 Å². The number of sulfonamides is 1. The Labute approximate surface area is 118 Å². The molecule has 1 heterocycles. The maximum absolute atomic E-state index is 12.4. The van der Waals surface area contributed by atoms with Gasteiger partial charge in [-0.1, -0.05) is 36.4 Å². The molecule has 2 aromatic carbocycles. The number of hydrogen-bond acceptors (Lipinski definition) is 3. The van der Waals surface area contributed by atoms with Crippen molar-refractivity contribution in [1.82, 2.24) is 4.72 Å². The summed E-state index contributed by atoms with van der Waals surface area (Å²) in [5.41, 5.74) is 0.887. The number of rotatable bonds is 3. The summed E-state index contributed by atoms with van der Waals surface area (Å²) in [4.78, 5) is 0.281. The minimum absolute atomic E-state index is 0.245. The van der Waals surface area contributed by atoms with Crippen molar-refractivity contribution in [3.8, 4) is 5.75 Å². The summed E-state index contributed by atoms with van der Waals surface area (Å²) in [7, 11) is -3.51. The second-order valence-corrected chi connectivity index (χ2v) is 6.38. The Kier molecular flexibility index (Phi) is 3.46. The lowest BCUT2D eigenvalue weighted by molar-refractivity contribution is 0.263. The lowest BCUT2D eigenvalue weighted by atomic mass is 10.0. The number of hydrogen-bond donors (Lipinski definition) is 1. The lowest BCUT2D eigenvalue weighted by Gasteiger charge is -2.26. The smallest absolute Gasteiger partial charge is 0.241 e. The Morgan fingerprint density at radius 2 is 1.70 bits per heavy atom. The van der Waals surface area contributed by atoms with Crippen LogP contribution in [0.4, 0.5) is 0 Å². The predicted molar refractivity (Wildman–Crippen MR) is 76.1 cm³/mol.